The molecule has 1 aliphatic rings. The van der Waals surface area contributed by atoms with Gasteiger partial charge in [0.1, 0.15) is 17.4 Å². The highest BCUT2D eigenvalue weighted by Crippen LogP contribution is 2.30. The second-order valence-corrected chi connectivity index (χ2v) is 5.42. The number of amides is 1. The van der Waals surface area contributed by atoms with Crippen molar-refractivity contribution < 1.29 is 4.79 Å². The minimum atomic E-state index is -0.248. The van der Waals surface area contributed by atoms with E-state index in [-0.39, 0.29) is 17.3 Å². The van der Waals surface area contributed by atoms with Crippen LogP contribution < -0.4 is 5.32 Å². The molecule has 0 aromatic carbocycles. The molecular formula is C13H15ClN4O. The quantitative estimate of drug-likeness (QED) is 0.857. The van der Waals surface area contributed by atoms with Crippen LogP contribution >= 0.6 is 11.6 Å². The highest BCUT2D eigenvalue weighted by molar-refractivity contribution is 6.20. The summed E-state index contributed by atoms with van der Waals surface area (Å²) >= 11 is 6.21. The Morgan fingerprint density at radius 2 is 2.42 bits per heavy atom. The SMILES string of the molecule is CC(Cl)c1nc2cnccc2n1C1CCCNC1=O. The number of carbonyl (C=O) groups is 1. The molecule has 1 saturated heterocycles. The zero-order chi connectivity index (χ0) is 13.4. The zero-order valence-electron chi connectivity index (χ0n) is 10.6. The maximum atomic E-state index is 12.1. The molecule has 3 heterocycles. The van der Waals surface area contributed by atoms with Crippen molar-refractivity contribution in [2.24, 2.45) is 0 Å². The summed E-state index contributed by atoms with van der Waals surface area (Å²) in [4.78, 5) is 20.7. The van der Waals surface area contributed by atoms with Crippen LogP contribution in [0.3, 0.4) is 0 Å². The monoisotopic (exact) mass is 278 g/mol. The summed E-state index contributed by atoms with van der Waals surface area (Å²) < 4.78 is 1.96. The third-order valence-corrected chi connectivity index (χ3v) is 3.64. The molecule has 6 heteroatoms. The van der Waals surface area contributed by atoms with Gasteiger partial charge in [-0.3, -0.25) is 9.78 Å². The predicted octanol–water partition coefficient (Wildman–Crippen LogP) is 2.18. The zero-order valence-corrected chi connectivity index (χ0v) is 11.4. The Bertz CT molecular complexity index is 622. The molecule has 3 rings (SSSR count). The van der Waals surface area contributed by atoms with Gasteiger partial charge in [0.05, 0.1) is 17.1 Å². The van der Waals surface area contributed by atoms with Crippen molar-refractivity contribution in [3.05, 3.63) is 24.3 Å². The Morgan fingerprint density at radius 3 is 3.16 bits per heavy atom. The first-order valence-electron chi connectivity index (χ1n) is 6.42. The number of hydrogen-bond acceptors (Lipinski definition) is 3. The molecule has 19 heavy (non-hydrogen) atoms. The Balaban J connectivity index is 2.19. The predicted molar refractivity (Wildman–Crippen MR) is 73.1 cm³/mol. The van der Waals surface area contributed by atoms with Gasteiger partial charge in [-0.25, -0.2) is 4.98 Å². The van der Waals surface area contributed by atoms with Gasteiger partial charge in [-0.2, -0.15) is 0 Å². The van der Waals surface area contributed by atoms with E-state index >= 15 is 0 Å². The number of fused-ring (bicyclic) bond motifs is 1. The smallest absolute Gasteiger partial charge is 0.243 e. The van der Waals surface area contributed by atoms with Crippen molar-refractivity contribution in [3.63, 3.8) is 0 Å². The first kappa shape index (κ1) is 12.4. The Morgan fingerprint density at radius 1 is 1.58 bits per heavy atom. The minimum Gasteiger partial charge on any atom is -0.354 e. The van der Waals surface area contributed by atoms with E-state index in [9.17, 15) is 4.79 Å². The lowest BCUT2D eigenvalue weighted by atomic mass is 10.1. The molecule has 1 fully saturated rings. The minimum absolute atomic E-state index is 0.0425. The summed E-state index contributed by atoms with van der Waals surface area (Å²) in [5, 5.41) is 2.66. The molecule has 0 radical (unpaired) electrons. The second-order valence-electron chi connectivity index (χ2n) is 4.77. The van der Waals surface area contributed by atoms with Crippen molar-refractivity contribution >= 4 is 28.5 Å². The first-order chi connectivity index (χ1) is 9.18. The molecule has 2 aromatic heterocycles. The van der Waals surface area contributed by atoms with Gasteiger partial charge < -0.3 is 9.88 Å². The average molecular weight is 279 g/mol. The summed E-state index contributed by atoms with van der Waals surface area (Å²) in [5.41, 5.74) is 1.70. The summed E-state index contributed by atoms with van der Waals surface area (Å²) in [6.07, 6.45) is 5.20. The van der Waals surface area contributed by atoms with E-state index in [1.807, 2.05) is 17.6 Å². The lowest BCUT2D eigenvalue weighted by Gasteiger charge is -2.25. The van der Waals surface area contributed by atoms with Crippen molar-refractivity contribution in [2.45, 2.75) is 31.2 Å². The lowest BCUT2D eigenvalue weighted by molar-refractivity contribution is -0.125. The summed E-state index contributed by atoms with van der Waals surface area (Å²) in [6, 6.07) is 1.66. The van der Waals surface area contributed by atoms with Crippen LogP contribution in [0.4, 0.5) is 0 Å². The van der Waals surface area contributed by atoms with Crippen LogP contribution in [0.25, 0.3) is 11.0 Å². The molecule has 2 atom stereocenters. The van der Waals surface area contributed by atoms with Crippen LogP contribution in [0, 0.1) is 0 Å². The van der Waals surface area contributed by atoms with E-state index < -0.39 is 0 Å². The third-order valence-electron chi connectivity index (χ3n) is 3.44. The molecule has 1 aliphatic heterocycles. The van der Waals surface area contributed by atoms with E-state index in [0.29, 0.717) is 0 Å². The summed E-state index contributed by atoms with van der Waals surface area (Å²) in [5.74, 6) is 0.771. The number of nitrogens with zero attached hydrogens (tertiary/aromatic N) is 3. The molecule has 2 aromatic rings. The lowest BCUT2D eigenvalue weighted by Crippen LogP contribution is -2.38. The molecule has 0 bridgehead atoms. The van der Waals surface area contributed by atoms with Gasteiger partial charge in [-0.1, -0.05) is 0 Å². The molecule has 1 amide bonds. The van der Waals surface area contributed by atoms with Gasteiger partial charge in [-0.15, -0.1) is 11.6 Å². The van der Waals surface area contributed by atoms with E-state index in [2.05, 4.69) is 15.3 Å². The number of carbonyl (C=O) groups excluding carboxylic acids is 1. The Hall–Kier alpha value is -1.62. The number of nitrogens with one attached hydrogen (secondary N) is 1. The van der Waals surface area contributed by atoms with E-state index in [1.54, 1.807) is 12.4 Å². The van der Waals surface area contributed by atoms with Gasteiger partial charge in [-0.05, 0) is 25.8 Å². The van der Waals surface area contributed by atoms with Crippen LogP contribution in [0.15, 0.2) is 18.5 Å². The number of hydrogen-bond donors (Lipinski definition) is 1. The maximum Gasteiger partial charge on any atom is 0.243 e. The molecule has 1 N–H and O–H groups in total. The molecule has 0 saturated carbocycles. The second kappa shape index (κ2) is 4.81. The van der Waals surface area contributed by atoms with Gasteiger partial charge in [0.25, 0.3) is 0 Å². The normalized spacial score (nSPS) is 21.4. The van der Waals surface area contributed by atoms with Crippen molar-refractivity contribution in [3.8, 4) is 0 Å². The number of imidazole rings is 1. The molecular weight excluding hydrogens is 264 g/mol. The van der Waals surface area contributed by atoms with E-state index in [1.165, 1.54) is 0 Å². The topological polar surface area (TPSA) is 59.8 Å². The fourth-order valence-corrected chi connectivity index (χ4v) is 2.73. The number of aromatic nitrogens is 3. The highest BCUT2D eigenvalue weighted by atomic mass is 35.5. The van der Waals surface area contributed by atoms with Crippen molar-refractivity contribution in [1.82, 2.24) is 19.9 Å². The fourth-order valence-electron chi connectivity index (χ4n) is 2.58. The number of pyridine rings is 1. The fraction of sp³-hybridized carbons (Fsp3) is 0.462. The number of alkyl halides is 1. The Kier molecular flexibility index (Phi) is 3.14. The average Bonchev–Trinajstić information content (AvgIpc) is 2.79. The van der Waals surface area contributed by atoms with Crippen LogP contribution in [0.5, 0.6) is 0 Å². The van der Waals surface area contributed by atoms with E-state index in [4.69, 9.17) is 11.6 Å². The molecule has 2 unspecified atom stereocenters. The van der Waals surface area contributed by atoms with Crippen LogP contribution in [-0.4, -0.2) is 27.0 Å². The van der Waals surface area contributed by atoms with Gasteiger partial charge in [0.2, 0.25) is 5.91 Å². The largest absolute Gasteiger partial charge is 0.354 e. The van der Waals surface area contributed by atoms with Crippen LogP contribution in [0.2, 0.25) is 0 Å². The van der Waals surface area contributed by atoms with Gasteiger partial charge >= 0.3 is 0 Å². The number of halogens is 1. The van der Waals surface area contributed by atoms with Gasteiger partial charge in [0, 0.05) is 12.7 Å². The number of piperidine rings is 1. The standard InChI is InChI=1S/C13H15ClN4O/c1-8(14)12-17-9-7-15-6-4-10(9)18(12)11-3-2-5-16-13(11)19/h4,6-8,11H,2-3,5H2,1H3,(H,16,19). The van der Waals surface area contributed by atoms with Crippen molar-refractivity contribution in [1.29, 1.82) is 0 Å². The molecule has 0 aliphatic carbocycles. The molecule has 5 nitrogen and oxygen atoms in total. The summed E-state index contributed by atoms with van der Waals surface area (Å²) in [6.45, 7) is 2.61. The molecule has 0 spiro atoms. The first-order valence-corrected chi connectivity index (χ1v) is 6.85. The maximum absolute atomic E-state index is 12.1. The number of rotatable bonds is 2. The third kappa shape index (κ3) is 2.08. The Labute approximate surface area is 116 Å². The van der Waals surface area contributed by atoms with Gasteiger partial charge in [0.15, 0.2) is 0 Å². The van der Waals surface area contributed by atoms with Crippen molar-refractivity contribution in [2.75, 3.05) is 6.54 Å². The van der Waals surface area contributed by atoms with Crippen LogP contribution in [0.1, 0.15) is 37.0 Å². The van der Waals surface area contributed by atoms with Crippen LogP contribution in [-0.2, 0) is 4.79 Å². The summed E-state index contributed by atoms with van der Waals surface area (Å²) in [7, 11) is 0. The molecule has 100 valence electrons. The highest BCUT2D eigenvalue weighted by Gasteiger charge is 2.28. The van der Waals surface area contributed by atoms with E-state index in [0.717, 1.165) is 36.2 Å².